The van der Waals surface area contributed by atoms with Gasteiger partial charge in [0, 0.05) is 31.1 Å². The molecule has 2 aromatic heterocycles. The number of aromatic nitrogens is 3. The van der Waals surface area contributed by atoms with Crippen LogP contribution in [0, 0.1) is 6.92 Å². The molecule has 0 amide bonds. The van der Waals surface area contributed by atoms with Crippen molar-refractivity contribution < 1.29 is 9.26 Å². The number of ether oxygens (including phenoxy) is 1. The van der Waals surface area contributed by atoms with Crippen LogP contribution in [-0.2, 0) is 23.1 Å². The standard InChI is InChI=1S/C16H23N3O3S/c1-12-10-23-15(20)19(12)9-6-13-17-14(18-22-13)16(11-21-2)7-4-3-5-8-16/h10H,3-9,11H2,1-2H3. The zero-order chi connectivity index (χ0) is 16.3. The van der Waals surface area contributed by atoms with Crippen LogP contribution in [0.15, 0.2) is 14.7 Å². The van der Waals surface area contributed by atoms with Crippen LogP contribution in [0.4, 0.5) is 0 Å². The predicted octanol–water partition coefficient (Wildman–Crippen LogP) is 2.69. The van der Waals surface area contributed by atoms with Crippen molar-refractivity contribution in [3.05, 3.63) is 32.5 Å². The van der Waals surface area contributed by atoms with Crippen LogP contribution in [0.25, 0.3) is 0 Å². The van der Waals surface area contributed by atoms with Gasteiger partial charge >= 0.3 is 4.87 Å². The highest BCUT2D eigenvalue weighted by Crippen LogP contribution is 2.38. The second-order valence-electron chi connectivity index (χ2n) is 6.33. The van der Waals surface area contributed by atoms with Gasteiger partial charge in [-0.1, -0.05) is 35.8 Å². The molecule has 0 spiro atoms. The summed E-state index contributed by atoms with van der Waals surface area (Å²) < 4.78 is 12.6. The lowest BCUT2D eigenvalue weighted by Gasteiger charge is -2.33. The summed E-state index contributed by atoms with van der Waals surface area (Å²) in [6.07, 6.45) is 6.28. The summed E-state index contributed by atoms with van der Waals surface area (Å²) in [6, 6.07) is 0. The summed E-state index contributed by atoms with van der Waals surface area (Å²) in [4.78, 5) is 16.4. The summed E-state index contributed by atoms with van der Waals surface area (Å²) in [5.41, 5.74) is 0.868. The molecule has 2 aromatic rings. The second-order valence-corrected chi connectivity index (χ2v) is 7.15. The van der Waals surface area contributed by atoms with Gasteiger partial charge in [0.25, 0.3) is 0 Å². The Bertz CT molecular complexity index is 692. The lowest BCUT2D eigenvalue weighted by Crippen LogP contribution is -2.35. The van der Waals surface area contributed by atoms with Crippen LogP contribution in [-0.4, -0.2) is 28.4 Å². The Hall–Kier alpha value is -1.47. The number of aryl methyl sites for hydroxylation is 2. The van der Waals surface area contributed by atoms with Crippen molar-refractivity contribution in [1.82, 2.24) is 14.7 Å². The van der Waals surface area contributed by atoms with Crippen molar-refractivity contribution in [2.24, 2.45) is 0 Å². The number of thiazole rings is 1. The molecular weight excluding hydrogens is 314 g/mol. The van der Waals surface area contributed by atoms with E-state index in [4.69, 9.17) is 9.26 Å². The van der Waals surface area contributed by atoms with Gasteiger partial charge in [0.15, 0.2) is 5.82 Å². The maximum absolute atomic E-state index is 11.7. The Morgan fingerprint density at radius 3 is 2.83 bits per heavy atom. The molecule has 0 saturated heterocycles. The van der Waals surface area contributed by atoms with Crippen molar-refractivity contribution in [2.45, 2.75) is 57.4 Å². The van der Waals surface area contributed by atoms with Crippen LogP contribution in [0.2, 0.25) is 0 Å². The van der Waals surface area contributed by atoms with Crippen molar-refractivity contribution in [3.63, 3.8) is 0 Å². The first-order chi connectivity index (χ1) is 11.1. The minimum Gasteiger partial charge on any atom is -0.384 e. The molecule has 23 heavy (non-hydrogen) atoms. The number of rotatable bonds is 6. The first kappa shape index (κ1) is 16.4. The topological polar surface area (TPSA) is 70.2 Å². The van der Waals surface area contributed by atoms with Gasteiger partial charge in [0.2, 0.25) is 5.89 Å². The predicted molar refractivity (Wildman–Crippen MR) is 88.0 cm³/mol. The average molecular weight is 337 g/mol. The van der Waals surface area contributed by atoms with Gasteiger partial charge < -0.3 is 13.8 Å². The van der Waals surface area contributed by atoms with E-state index in [1.807, 2.05) is 12.3 Å². The second kappa shape index (κ2) is 6.97. The van der Waals surface area contributed by atoms with E-state index in [1.54, 1.807) is 11.7 Å². The Morgan fingerprint density at radius 2 is 2.17 bits per heavy atom. The Labute approximate surface area is 139 Å². The third kappa shape index (κ3) is 3.40. The van der Waals surface area contributed by atoms with Gasteiger partial charge in [-0.3, -0.25) is 4.79 Å². The summed E-state index contributed by atoms with van der Waals surface area (Å²) in [7, 11) is 1.73. The van der Waals surface area contributed by atoms with E-state index in [1.165, 1.54) is 30.6 Å². The number of methoxy groups -OCH3 is 1. The third-order valence-electron chi connectivity index (χ3n) is 4.70. The first-order valence-corrected chi connectivity index (χ1v) is 8.99. The monoisotopic (exact) mass is 337 g/mol. The summed E-state index contributed by atoms with van der Waals surface area (Å²) in [5, 5.41) is 6.10. The Kier molecular flexibility index (Phi) is 4.96. The smallest absolute Gasteiger partial charge is 0.307 e. The van der Waals surface area contributed by atoms with Gasteiger partial charge in [0.05, 0.1) is 12.0 Å². The summed E-state index contributed by atoms with van der Waals surface area (Å²) in [5.74, 6) is 1.36. The number of nitrogens with zero attached hydrogens (tertiary/aromatic N) is 3. The molecule has 3 rings (SSSR count). The largest absolute Gasteiger partial charge is 0.384 e. The highest BCUT2D eigenvalue weighted by atomic mass is 32.1. The lowest BCUT2D eigenvalue weighted by molar-refractivity contribution is 0.0961. The number of hydrogen-bond donors (Lipinski definition) is 0. The fourth-order valence-electron chi connectivity index (χ4n) is 3.39. The molecule has 6 nitrogen and oxygen atoms in total. The van der Waals surface area contributed by atoms with Gasteiger partial charge in [-0.2, -0.15) is 4.98 Å². The van der Waals surface area contributed by atoms with Crippen molar-refractivity contribution in [3.8, 4) is 0 Å². The first-order valence-electron chi connectivity index (χ1n) is 8.11. The van der Waals surface area contributed by atoms with Crippen LogP contribution in [0.5, 0.6) is 0 Å². The zero-order valence-corrected chi connectivity index (χ0v) is 14.5. The van der Waals surface area contributed by atoms with Gasteiger partial charge in [-0.25, -0.2) is 0 Å². The van der Waals surface area contributed by atoms with Crippen molar-refractivity contribution in [2.75, 3.05) is 13.7 Å². The fourth-order valence-corrected chi connectivity index (χ4v) is 4.15. The Balaban J connectivity index is 1.73. The van der Waals surface area contributed by atoms with Crippen molar-refractivity contribution >= 4 is 11.3 Å². The highest BCUT2D eigenvalue weighted by Gasteiger charge is 2.38. The van der Waals surface area contributed by atoms with Gasteiger partial charge in [-0.05, 0) is 19.8 Å². The quantitative estimate of drug-likeness (QED) is 0.810. The van der Waals surface area contributed by atoms with Gasteiger partial charge in [0.1, 0.15) is 0 Å². The van der Waals surface area contributed by atoms with Crippen molar-refractivity contribution in [1.29, 1.82) is 0 Å². The average Bonchev–Trinajstić information content (AvgIpc) is 3.15. The fraction of sp³-hybridized carbons (Fsp3) is 0.688. The van der Waals surface area contributed by atoms with E-state index >= 15 is 0 Å². The molecule has 0 bridgehead atoms. The summed E-state index contributed by atoms with van der Waals surface area (Å²) >= 11 is 1.22. The van der Waals surface area contributed by atoms with Gasteiger partial charge in [-0.15, -0.1) is 0 Å². The van der Waals surface area contributed by atoms with Crippen LogP contribution < -0.4 is 4.87 Å². The van der Waals surface area contributed by atoms with Crippen LogP contribution in [0.1, 0.15) is 49.5 Å². The van der Waals surface area contributed by atoms with E-state index < -0.39 is 0 Å². The maximum atomic E-state index is 11.7. The minimum absolute atomic E-state index is 0.0605. The normalized spacial score (nSPS) is 17.5. The lowest BCUT2D eigenvalue weighted by atomic mass is 9.74. The summed E-state index contributed by atoms with van der Waals surface area (Å²) in [6.45, 7) is 3.15. The molecule has 2 heterocycles. The number of hydrogen-bond acceptors (Lipinski definition) is 6. The molecule has 7 heteroatoms. The molecule has 1 fully saturated rings. The molecule has 126 valence electrons. The van der Waals surface area contributed by atoms with E-state index in [0.29, 0.717) is 25.5 Å². The third-order valence-corrected chi connectivity index (χ3v) is 5.58. The molecule has 0 aliphatic heterocycles. The van der Waals surface area contributed by atoms with E-state index in [0.717, 1.165) is 24.4 Å². The highest BCUT2D eigenvalue weighted by molar-refractivity contribution is 7.07. The molecule has 1 saturated carbocycles. The molecular formula is C16H23N3O3S. The van der Waals surface area contributed by atoms with E-state index in [-0.39, 0.29) is 10.3 Å². The molecule has 0 aromatic carbocycles. The van der Waals surface area contributed by atoms with Crippen LogP contribution in [0.3, 0.4) is 0 Å². The molecule has 0 N–H and O–H groups in total. The maximum Gasteiger partial charge on any atom is 0.307 e. The van der Waals surface area contributed by atoms with E-state index in [9.17, 15) is 4.79 Å². The molecule has 1 aliphatic carbocycles. The zero-order valence-electron chi connectivity index (χ0n) is 13.7. The van der Waals surface area contributed by atoms with E-state index in [2.05, 4.69) is 10.1 Å². The van der Waals surface area contributed by atoms with Crippen LogP contribution >= 0.6 is 11.3 Å². The SMILES string of the molecule is COCC1(c2noc(CCn3c(C)csc3=O)n2)CCCCC1. The molecule has 1 aliphatic rings. The minimum atomic E-state index is -0.107. The molecule has 0 atom stereocenters. The molecule has 0 unspecified atom stereocenters. The Morgan fingerprint density at radius 1 is 1.39 bits per heavy atom. The molecule has 0 radical (unpaired) electrons.